The molecule has 2 aromatic rings. The van der Waals surface area contributed by atoms with E-state index in [-0.39, 0.29) is 5.82 Å². The molecule has 1 aromatic heterocycles. The van der Waals surface area contributed by atoms with Gasteiger partial charge in [-0.2, -0.15) is 0 Å². The van der Waals surface area contributed by atoms with Gasteiger partial charge in [0.05, 0.1) is 0 Å². The summed E-state index contributed by atoms with van der Waals surface area (Å²) in [5, 5.41) is 3.21. The summed E-state index contributed by atoms with van der Waals surface area (Å²) < 4.78 is 12.7. The van der Waals surface area contributed by atoms with Gasteiger partial charge in [-0.05, 0) is 42.3 Å². The summed E-state index contributed by atoms with van der Waals surface area (Å²) in [6.07, 6.45) is 3.64. The first-order valence-corrected chi connectivity index (χ1v) is 5.14. The zero-order valence-electron chi connectivity index (χ0n) is 9.07. The molecular weight excluding hydrogens is 203 g/mol. The summed E-state index contributed by atoms with van der Waals surface area (Å²) in [4.78, 5) is 4.11. The lowest BCUT2D eigenvalue weighted by atomic mass is 10.2. The zero-order valence-corrected chi connectivity index (χ0v) is 9.07. The number of nitrogens with one attached hydrogen (secondary N) is 1. The summed E-state index contributed by atoms with van der Waals surface area (Å²) in [7, 11) is 0. The van der Waals surface area contributed by atoms with Crippen LogP contribution < -0.4 is 5.32 Å². The van der Waals surface area contributed by atoms with Crippen molar-refractivity contribution in [3.05, 3.63) is 59.7 Å². The van der Waals surface area contributed by atoms with Crippen LogP contribution >= 0.6 is 0 Å². The molecule has 2 nitrogen and oxygen atoms in total. The van der Waals surface area contributed by atoms with Crippen LogP contribution in [0, 0.1) is 12.7 Å². The molecule has 1 N–H and O–H groups in total. The summed E-state index contributed by atoms with van der Waals surface area (Å²) in [5.41, 5.74) is 3.16. The van der Waals surface area contributed by atoms with Crippen LogP contribution in [-0.4, -0.2) is 4.98 Å². The maximum absolute atomic E-state index is 12.7. The molecule has 0 spiro atoms. The van der Waals surface area contributed by atoms with Crippen LogP contribution in [0.25, 0.3) is 0 Å². The molecule has 82 valence electrons. The maximum atomic E-state index is 12.7. The van der Waals surface area contributed by atoms with Gasteiger partial charge in [-0.1, -0.05) is 6.07 Å². The minimum absolute atomic E-state index is 0.220. The molecule has 0 amide bonds. The van der Waals surface area contributed by atoms with Crippen molar-refractivity contribution in [3.8, 4) is 0 Å². The average Bonchev–Trinajstić information content (AvgIpc) is 2.28. The Kier molecular flexibility index (Phi) is 3.15. The number of aromatic nitrogens is 1. The van der Waals surface area contributed by atoms with Crippen LogP contribution in [0.15, 0.2) is 42.7 Å². The van der Waals surface area contributed by atoms with Gasteiger partial charge in [-0.15, -0.1) is 0 Å². The molecule has 1 heterocycles. The third kappa shape index (κ3) is 2.79. The van der Waals surface area contributed by atoms with Crippen molar-refractivity contribution >= 4 is 5.69 Å². The zero-order chi connectivity index (χ0) is 11.4. The normalized spacial score (nSPS) is 10.1. The van der Waals surface area contributed by atoms with E-state index in [4.69, 9.17) is 0 Å². The minimum atomic E-state index is -0.220. The molecule has 3 heteroatoms. The van der Waals surface area contributed by atoms with E-state index >= 15 is 0 Å². The first-order valence-electron chi connectivity index (χ1n) is 5.14. The number of anilines is 1. The summed E-state index contributed by atoms with van der Waals surface area (Å²) in [6.45, 7) is 2.70. The molecule has 0 aliphatic carbocycles. The Morgan fingerprint density at radius 3 is 2.62 bits per heavy atom. The Morgan fingerprint density at radius 2 is 1.94 bits per heavy atom. The Balaban J connectivity index is 1.99. The largest absolute Gasteiger partial charge is 0.381 e. The molecule has 16 heavy (non-hydrogen) atoms. The Bertz CT molecular complexity index is 466. The van der Waals surface area contributed by atoms with E-state index < -0.39 is 0 Å². The molecule has 0 saturated heterocycles. The third-order valence-electron chi connectivity index (χ3n) is 2.27. The van der Waals surface area contributed by atoms with Crippen molar-refractivity contribution < 1.29 is 4.39 Å². The lowest BCUT2D eigenvalue weighted by Crippen LogP contribution is -2.00. The predicted molar refractivity (Wildman–Crippen MR) is 62.7 cm³/mol. The maximum Gasteiger partial charge on any atom is 0.123 e. The molecule has 0 saturated carbocycles. The summed E-state index contributed by atoms with van der Waals surface area (Å²) >= 11 is 0. The molecule has 0 radical (unpaired) electrons. The van der Waals surface area contributed by atoms with E-state index in [9.17, 15) is 4.39 Å². The van der Waals surface area contributed by atoms with Crippen LogP contribution in [-0.2, 0) is 6.54 Å². The fourth-order valence-corrected chi connectivity index (χ4v) is 1.49. The first-order chi connectivity index (χ1) is 7.74. The fourth-order valence-electron chi connectivity index (χ4n) is 1.49. The third-order valence-corrected chi connectivity index (χ3v) is 2.27. The van der Waals surface area contributed by atoms with Gasteiger partial charge in [0.1, 0.15) is 5.82 Å². The number of nitrogens with zero attached hydrogens (tertiary/aromatic N) is 1. The highest BCUT2D eigenvalue weighted by Gasteiger charge is 1.95. The van der Waals surface area contributed by atoms with Crippen LogP contribution in [0.1, 0.15) is 11.1 Å². The second-order valence-electron chi connectivity index (χ2n) is 3.73. The van der Waals surface area contributed by atoms with Crippen molar-refractivity contribution in [1.29, 1.82) is 0 Å². The molecule has 2 rings (SSSR count). The van der Waals surface area contributed by atoms with E-state index in [0.29, 0.717) is 6.54 Å². The molecule has 0 unspecified atom stereocenters. The highest BCUT2D eigenvalue weighted by atomic mass is 19.1. The minimum Gasteiger partial charge on any atom is -0.381 e. The van der Waals surface area contributed by atoms with E-state index in [0.717, 1.165) is 16.8 Å². The lowest BCUT2D eigenvalue weighted by molar-refractivity contribution is 0.628. The highest BCUT2D eigenvalue weighted by Crippen LogP contribution is 2.10. The molecule has 0 atom stereocenters. The standard InChI is InChI=1S/C13H13FN2/c1-10-6-11(8-15-7-10)9-16-13-4-2-12(14)3-5-13/h2-8,16H,9H2,1H3. The first kappa shape index (κ1) is 10.6. The highest BCUT2D eigenvalue weighted by molar-refractivity contribution is 5.43. The monoisotopic (exact) mass is 216 g/mol. The average molecular weight is 216 g/mol. The van der Waals surface area contributed by atoms with Gasteiger partial charge in [-0.3, -0.25) is 4.98 Å². The van der Waals surface area contributed by atoms with Gasteiger partial charge >= 0.3 is 0 Å². The van der Waals surface area contributed by atoms with Crippen LogP contribution in [0.4, 0.5) is 10.1 Å². The van der Waals surface area contributed by atoms with Gasteiger partial charge in [0.25, 0.3) is 0 Å². The van der Waals surface area contributed by atoms with Crippen LogP contribution in [0.2, 0.25) is 0 Å². The van der Waals surface area contributed by atoms with Crippen molar-refractivity contribution in [3.63, 3.8) is 0 Å². The number of hydrogen-bond acceptors (Lipinski definition) is 2. The molecule has 0 aliphatic rings. The molecule has 0 aliphatic heterocycles. The summed E-state index contributed by atoms with van der Waals surface area (Å²) in [5.74, 6) is -0.220. The van der Waals surface area contributed by atoms with Gasteiger partial charge in [-0.25, -0.2) is 4.39 Å². The second-order valence-corrected chi connectivity index (χ2v) is 3.73. The summed E-state index contributed by atoms with van der Waals surface area (Å²) in [6, 6.07) is 8.40. The van der Waals surface area contributed by atoms with Crippen LogP contribution in [0.3, 0.4) is 0 Å². The quantitative estimate of drug-likeness (QED) is 0.852. The van der Waals surface area contributed by atoms with E-state index in [1.54, 1.807) is 12.1 Å². The predicted octanol–water partition coefficient (Wildman–Crippen LogP) is 3.14. The van der Waals surface area contributed by atoms with Gasteiger partial charge in [0.2, 0.25) is 0 Å². The second kappa shape index (κ2) is 4.75. The van der Waals surface area contributed by atoms with Gasteiger partial charge in [0, 0.05) is 24.6 Å². The van der Waals surface area contributed by atoms with Crippen LogP contribution in [0.5, 0.6) is 0 Å². The van der Waals surface area contributed by atoms with Crippen molar-refractivity contribution in [2.45, 2.75) is 13.5 Å². The number of rotatable bonds is 3. The van der Waals surface area contributed by atoms with Gasteiger partial charge in [0.15, 0.2) is 0 Å². The van der Waals surface area contributed by atoms with Gasteiger partial charge < -0.3 is 5.32 Å². The molecule has 0 fully saturated rings. The van der Waals surface area contributed by atoms with E-state index in [1.165, 1.54) is 12.1 Å². The number of hydrogen-bond donors (Lipinski definition) is 1. The Morgan fingerprint density at radius 1 is 1.19 bits per heavy atom. The number of benzene rings is 1. The van der Waals surface area contributed by atoms with Crippen molar-refractivity contribution in [1.82, 2.24) is 4.98 Å². The SMILES string of the molecule is Cc1cncc(CNc2ccc(F)cc2)c1. The Hall–Kier alpha value is -1.90. The number of halogens is 1. The molecule has 1 aromatic carbocycles. The number of pyridine rings is 1. The van der Waals surface area contributed by atoms with Crippen molar-refractivity contribution in [2.75, 3.05) is 5.32 Å². The fraction of sp³-hybridized carbons (Fsp3) is 0.154. The molecule has 0 bridgehead atoms. The van der Waals surface area contributed by atoms with Crippen molar-refractivity contribution in [2.24, 2.45) is 0 Å². The Labute approximate surface area is 94.2 Å². The smallest absolute Gasteiger partial charge is 0.123 e. The van der Waals surface area contributed by atoms with E-state index in [1.807, 2.05) is 19.3 Å². The topological polar surface area (TPSA) is 24.9 Å². The van der Waals surface area contributed by atoms with E-state index in [2.05, 4.69) is 16.4 Å². The lowest BCUT2D eigenvalue weighted by Gasteiger charge is -2.06. The number of aryl methyl sites for hydroxylation is 1. The molecular formula is C13H13FN2.